The topological polar surface area (TPSA) is 28.9 Å². The number of benzene rings is 4. The fourth-order valence-electron chi connectivity index (χ4n) is 6.04. The molecule has 0 spiro atoms. The van der Waals surface area contributed by atoms with Gasteiger partial charge in [-0.25, -0.2) is 0 Å². The first-order valence-electron chi connectivity index (χ1n) is 10.8. The lowest BCUT2D eigenvalue weighted by Crippen LogP contribution is -2.26. The molecule has 0 saturated heterocycles. The largest absolute Gasteiger partial charge is 0.456 e. The predicted molar refractivity (Wildman–Crippen MR) is 123 cm³/mol. The van der Waals surface area contributed by atoms with Crippen LogP contribution in [0, 0.1) is 0 Å². The minimum absolute atomic E-state index is 0.666. The number of hydrogen-bond donors (Lipinski definition) is 1. The monoisotopic (exact) mass is 385 g/mol. The molecule has 30 heavy (non-hydrogen) atoms. The highest BCUT2D eigenvalue weighted by atomic mass is 16.3. The van der Waals surface area contributed by atoms with E-state index in [2.05, 4.69) is 65.6 Å². The first-order chi connectivity index (χ1) is 14.8. The molecule has 2 heterocycles. The van der Waals surface area contributed by atoms with Crippen molar-refractivity contribution in [3.63, 3.8) is 0 Å². The zero-order valence-corrected chi connectivity index (χ0v) is 16.4. The Balaban J connectivity index is 1.47. The van der Waals surface area contributed by atoms with Gasteiger partial charge >= 0.3 is 0 Å². The Kier molecular flexibility index (Phi) is 2.63. The Bertz CT molecular complexity index is 1670. The average molecular weight is 385 g/mol. The molecular formula is C28H19NO. The Morgan fingerprint density at radius 2 is 1.37 bits per heavy atom. The Morgan fingerprint density at radius 1 is 0.600 bits per heavy atom. The molecular weight excluding hydrogens is 366 g/mol. The average Bonchev–Trinajstić information content (AvgIpc) is 3.28. The highest BCUT2D eigenvalue weighted by Crippen LogP contribution is 2.57. The van der Waals surface area contributed by atoms with Crippen LogP contribution >= 0.6 is 0 Å². The van der Waals surface area contributed by atoms with Crippen LogP contribution in [0.3, 0.4) is 0 Å². The van der Waals surface area contributed by atoms with E-state index in [0.717, 1.165) is 11.2 Å². The van der Waals surface area contributed by atoms with Crippen molar-refractivity contribution in [3.05, 3.63) is 83.9 Å². The number of aromatic amines is 1. The van der Waals surface area contributed by atoms with Gasteiger partial charge in [0.2, 0.25) is 0 Å². The molecule has 1 N–H and O–H groups in total. The van der Waals surface area contributed by atoms with E-state index >= 15 is 0 Å². The van der Waals surface area contributed by atoms with E-state index in [1.165, 1.54) is 62.1 Å². The van der Waals surface area contributed by atoms with Crippen molar-refractivity contribution in [2.45, 2.75) is 24.7 Å². The van der Waals surface area contributed by atoms with Gasteiger partial charge in [0, 0.05) is 32.6 Å². The maximum Gasteiger partial charge on any atom is 0.136 e. The fraction of sp³-hybridized carbons (Fsp3) is 0.143. The molecule has 2 atom stereocenters. The molecule has 0 radical (unpaired) electrons. The van der Waals surface area contributed by atoms with Gasteiger partial charge in [0.25, 0.3) is 0 Å². The van der Waals surface area contributed by atoms with Gasteiger partial charge in [-0.2, -0.15) is 0 Å². The molecule has 2 unspecified atom stereocenters. The standard InChI is InChI=1S/C28H19NO/c1-2-6-16-15(5-1)17-9-10-18(17)20-11-22-23-14-28-24(19-7-3-4-8-27(19)30-28)13-26(23)29-25(22)12-21(16)20/h1-8,11-14,17-18,29H,9-10H2. The summed E-state index contributed by atoms with van der Waals surface area (Å²) in [6.07, 6.45) is 2.61. The van der Waals surface area contributed by atoms with Gasteiger partial charge in [-0.15, -0.1) is 0 Å². The third-order valence-corrected chi connectivity index (χ3v) is 7.59. The van der Waals surface area contributed by atoms with E-state index in [1.807, 2.05) is 12.1 Å². The van der Waals surface area contributed by atoms with E-state index in [1.54, 1.807) is 5.56 Å². The van der Waals surface area contributed by atoms with E-state index in [-0.39, 0.29) is 0 Å². The van der Waals surface area contributed by atoms with Gasteiger partial charge in [-0.3, -0.25) is 0 Å². The molecule has 2 aromatic heterocycles. The molecule has 0 bridgehead atoms. The molecule has 2 aliphatic carbocycles. The van der Waals surface area contributed by atoms with Gasteiger partial charge in [-0.1, -0.05) is 42.5 Å². The molecule has 2 aliphatic rings. The SMILES string of the molecule is c1ccc2c(c1)-c1cc3[nH]c4cc5c(cc4c3cc1C1CCC21)oc1ccccc15. The van der Waals surface area contributed by atoms with Crippen molar-refractivity contribution < 1.29 is 4.42 Å². The summed E-state index contributed by atoms with van der Waals surface area (Å²) in [5.41, 5.74) is 10.2. The predicted octanol–water partition coefficient (Wildman–Crippen LogP) is 7.86. The van der Waals surface area contributed by atoms with Crippen LogP contribution in [0.25, 0.3) is 54.9 Å². The molecule has 2 heteroatoms. The van der Waals surface area contributed by atoms with Gasteiger partial charge < -0.3 is 9.40 Å². The summed E-state index contributed by atoms with van der Waals surface area (Å²) in [6, 6.07) is 26.6. The molecule has 2 nitrogen and oxygen atoms in total. The maximum absolute atomic E-state index is 6.17. The first-order valence-corrected chi connectivity index (χ1v) is 10.8. The van der Waals surface area contributed by atoms with Crippen molar-refractivity contribution in [3.8, 4) is 11.1 Å². The van der Waals surface area contributed by atoms with Crippen molar-refractivity contribution in [1.29, 1.82) is 0 Å². The second-order valence-corrected chi connectivity index (χ2v) is 8.98. The molecule has 1 fully saturated rings. The molecule has 8 rings (SSSR count). The van der Waals surface area contributed by atoms with Crippen LogP contribution in [-0.2, 0) is 0 Å². The molecule has 142 valence electrons. The second kappa shape index (κ2) is 5.14. The lowest BCUT2D eigenvalue weighted by molar-refractivity contribution is 0.343. The number of rotatable bonds is 0. The summed E-state index contributed by atoms with van der Waals surface area (Å²) < 4.78 is 6.17. The van der Waals surface area contributed by atoms with E-state index in [9.17, 15) is 0 Å². The quantitative estimate of drug-likeness (QED) is 0.283. The zero-order valence-electron chi connectivity index (χ0n) is 16.4. The third-order valence-electron chi connectivity index (χ3n) is 7.59. The molecule has 4 aromatic carbocycles. The summed E-state index contributed by atoms with van der Waals surface area (Å²) >= 11 is 0. The van der Waals surface area contributed by atoms with Crippen LogP contribution in [0.5, 0.6) is 0 Å². The van der Waals surface area contributed by atoms with Crippen LogP contribution in [0.15, 0.2) is 77.2 Å². The minimum atomic E-state index is 0.666. The number of furan rings is 1. The first kappa shape index (κ1) is 15.3. The number of hydrogen-bond acceptors (Lipinski definition) is 1. The lowest BCUT2D eigenvalue weighted by atomic mass is 9.61. The third kappa shape index (κ3) is 1.76. The van der Waals surface area contributed by atoms with Crippen LogP contribution in [0.2, 0.25) is 0 Å². The lowest BCUT2D eigenvalue weighted by Gasteiger charge is -2.43. The van der Waals surface area contributed by atoms with Gasteiger partial charge in [-0.05, 0) is 77.3 Å². The second-order valence-electron chi connectivity index (χ2n) is 8.98. The number of para-hydroxylation sites is 1. The Morgan fingerprint density at radius 3 is 2.30 bits per heavy atom. The van der Waals surface area contributed by atoms with E-state index < -0.39 is 0 Å². The van der Waals surface area contributed by atoms with Crippen LogP contribution in [-0.4, -0.2) is 4.98 Å². The van der Waals surface area contributed by atoms with Crippen LogP contribution in [0.4, 0.5) is 0 Å². The van der Waals surface area contributed by atoms with Gasteiger partial charge in [0.1, 0.15) is 11.2 Å². The van der Waals surface area contributed by atoms with Gasteiger partial charge in [0.15, 0.2) is 0 Å². The van der Waals surface area contributed by atoms with Crippen molar-refractivity contribution in [2.24, 2.45) is 0 Å². The van der Waals surface area contributed by atoms with Gasteiger partial charge in [0.05, 0.1) is 0 Å². The number of fused-ring (bicyclic) bond motifs is 12. The summed E-state index contributed by atoms with van der Waals surface area (Å²) in [7, 11) is 0. The van der Waals surface area contributed by atoms with E-state index in [4.69, 9.17) is 4.42 Å². The Labute approximate surface area is 173 Å². The fourth-order valence-corrected chi connectivity index (χ4v) is 6.04. The number of H-pyrrole nitrogens is 1. The molecule has 0 aliphatic heterocycles. The van der Waals surface area contributed by atoms with Crippen molar-refractivity contribution in [2.75, 3.05) is 0 Å². The van der Waals surface area contributed by atoms with E-state index in [0.29, 0.717) is 11.8 Å². The number of nitrogens with one attached hydrogen (secondary N) is 1. The Hall–Kier alpha value is -3.52. The highest BCUT2D eigenvalue weighted by molar-refractivity contribution is 6.16. The summed E-state index contributed by atoms with van der Waals surface area (Å²) in [6.45, 7) is 0. The maximum atomic E-state index is 6.17. The molecule has 0 amide bonds. The normalized spacial score (nSPS) is 19.7. The van der Waals surface area contributed by atoms with Crippen molar-refractivity contribution >= 4 is 43.7 Å². The summed E-state index contributed by atoms with van der Waals surface area (Å²) in [5, 5.41) is 4.93. The van der Waals surface area contributed by atoms with Crippen molar-refractivity contribution in [1.82, 2.24) is 4.98 Å². The molecule has 6 aromatic rings. The highest BCUT2D eigenvalue weighted by Gasteiger charge is 2.39. The van der Waals surface area contributed by atoms with Crippen LogP contribution in [0.1, 0.15) is 35.8 Å². The van der Waals surface area contributed by atoms with Crippen LogP contribution < -0.4 is 0 Å². The molecule has 1 saturated carbocycles. The summed E-state index contributed by atoms with van der Waals surface area (Å²) in [4.78, 5) is 3.71. The minimum Gasteiger partial charge on any atom is -0.456 e. The summed E-state index contributed by atoms with van der Waals surface area (Å²) in [5.74, 6) is 1.36. The number of aromatic nitrogens is 1. The zero-order chi connectivity index (χ0) is 19.4. The smallest absolute Gasteiger partial charge is 0.136 e.